The van der Waals surface area contributed by atoms with Crippen molar-refractivity contribution in [2.75, 3.05) is 12.3 Å². The molecule has 1 fully saturated rings. The summed E-state index contributed by atoms with van der Waals surface area (Å²) in [7, 11) is -3.82. The van der Waals surface area contributed by atoms with Crippen LogP contribution < -0.4 is 10.5 Å². The van der Waals surface area contributed by atoms with Crippen molar-refractivity contribution < 1.29 is 13.2 Å². The molecule has 1 amide bonds. The number of nitrogens with one attached hydrogen (secondary N) is 1. The third-order valence-electron chi connectivity index (χ3n) is 4.99. The van der Waals surface area contributed by atoms with Crippen molar-refractivity contribution in [1.82, 2.24) is 19.6 Å². The van der Waals surface area contributed by atoms with E-state index in [0.29, 0.717) is 29.7 Å². The summed E-state index contributed by atoms with van der Waals surface area (Å²) in [6.45, 7) is 0.838. The number of halogens is 1. The van der Waals surface area contributed by atoms with Crippen LogP contribution in [-0.4, -0.2) is 41.8 Å². The van der Waals surface area contributed by atoms with Crippen LogP contribution in [0.5, 0.6) is 0 Å². The van der Waals surface area contributed by atoms with E-state index in [1.165, 1.54) is 29.0 Å². The second kappa shape index (κ2) is 8.36. The average Bonchev–Trinajstić information content (AvgIpc) is 3.52. The number of anilines is 1. The van der Waals surface area contributed by atoms with Gasteiger partial charge in [-0.1, -0.05) is 11.6 Å². The molecule has 1 aliphatic heterocycles. The molecule has 1 atom stereocenters. The minimum atomic E-state index is -3.82. The van der Waals surface area contributed by atoms with Gasteiger partial charge in [-0.25, -0.2) is 18.4 Å². The van der Waals surface area contributed by atoms with Crippen molar-refractivity contribution in [3.63, 3.8) is 0 Å². The van der Waals surface area contributed by atoms with Gasteiger partial charge in [-0.15, -0.1) is 34.0 Å². The van der Waals surface area contributed by atoms with Crippen LogP contribution in [0.4, 0.5) is 5.82 Å². The fourth-order valence-corrected chi connectivity index (χ4v) is 8.19. The first-order valence-electron chi connectivity index (χ1n) is 9.46. The second-order valence-corrected chi connectivity index (χ2v) is 13.0. The highest BCUT2D eigenvalue weighted by Gasteiger charge is 2.35. The molecule has 166 valence electrons. The number of fused-ring (bicyclic) bond motifs is 1. The molecular formula is C19H16ClN5O3S4. The zero-order valence-corrected chi connectivity index (χ0v) is 20.3. The van der Waals surface area contributed by atoms with Gasteiger partial charge in [0.25, 0.3) is 10.0 Å². The van der Waals surface area contributed by atoms with Crippen LogP contribution in [0.2, 0.25) is 4.34 Å². The third kappa shape index (κ3) is 4.14. The van der Waals surface area contributed by atoms with Gasteiger partial charge in [0.05, 0.1) is 21.1 Å². The SMILES string of the molecule is Nc1ncnc2cc(CN3CC[C@H](NS(=O)(=O)c4ccc(-c5ccc(Cl)s5)s4)C3=O)sc12. The van der Waals surface area contributed by atoms with E-state index in [2.05, 4.69) is 14.7 Å². The summed E-state index contributed by atoms with van der Waals surface area (Å²) in [6, 6.07) is 8.02. The first kappa shape index (κ1) is 21.7. The Hall–Kier alpha value is -2.09. The van der Waals surface area contributed by atoms with E-state index in [-0.39, 0.29) is 10.1 Å². The van der Waals surface area contributed by atoms with Gasteiger partial charge in [0.1, 0.15) is 22.4 Å². The molecule has 8 nitrogen and oxygen atoms in total. The van der Waals surface area contributed by atoms with E-state index >= 15 is 0 Å². The van der Waals surface area contributed by atoms with Gasteiger partial charge in [-0.2, -0.15) is 4.72 Å². The molecule has 0 radical (unpaired) electrons. The standard InChI is InChI=1S/C19H16ClN5O3S4/c20-15-3-1-13(30-15)14-2-4-16(31-14)32(27,28)24-11-5-6-25(19(11)26)8-10-7-12-17(29-10)18(21)23-9-22-12/h1-4,7,9,11,24H,5-6,8H2,(H2,21,22,23)/t11-/m0/s1. The lowest BCUT2D eigenvalue weighted by atomic mass is 10.3. The molecule has 4 aromatic heterocycles. The van der Waals surface area contributed by atoms with Crippen molar-refractivity contribution in [2.45, 2.75) is 23.2 Å². The summed E-state index contributed by atoms with van der Waals surface area (Å²) in [5.41, 5.74) is 6.63. The van der Waals surface area contributed by atoms with Gasteiger partial charge in [-0.05, 0) is 36.8 Å². The van der Waals surface area contributed by atoms with Crippen LogP contribution in [0.3, 0.4) is 0 Å². The van der Waals surface area contributed by atoms with E-state index in [1.54, 1.807) is 23.1 Å². The maximum absolute atomic E-state index is 12.9. The number of rotatable bonds is 6. The monoisotopic (exact) mass is 525 g/mol. The molecule has 0 aliphatic carbocycles. The maximum atomic E-state index is 12.9. The van der Waals surface area contributed by atoms with Crippen LogP contribution in [0.15, 0.2) is 40.9 Å². The number of likely N-dealkylation sites (tertiary alicyclic amines) is 1. The molecule has 0 unspecified atom stereocenters. The predicted octanol–water partition coefficient (Wildman–Crippen LogP) is 3.80. The molecule has 0 aromatic carbocycles. The average molecular weight is 526 g/mol. The molecular weight excluding hydrogens is 510 g/mol. The van der Waals surface area contributed by atoms with Gasteiger partial charge in [0.15, 0.2) is 0 Å². The fourth-order valence-electron chi connectivity index (χ4n) is 3.48. The second-order valence-electron chi connectivity index (χ2n) is 7.13. The lowest BCUT2D eigenvalue weighted by Gasteiger charge is -2.16. The zero-order valence-electron chi connectivity index (χ0n) is 16.3. The first-order chi connectivity index (χ1) is 15.3. The number of sulfonamides is 1. The first-order valence-corrected chi connectivity index (χ1v) is 13.8. The summed E-state index contributed by atoms with van der Waals surface area (Å²) in [6.07, 6.45) is 1.81. The molecule has 32 heavy (non-hydrogen) atoms. The molecule has 1 saturated heterocycles. The van der Waals surface area contributed by atoms with Crippen molar-refractivity contribution in [1.29, 1.82) is 0 Å². The Balaban J connectivity index is 1.28. The summed E-state index contributed by atoms with van der Waals surface area (Å²) in [5.74, 6) is 0.164. The van der Waals surface area contributed by atoms with E-state index in [4.69, 9.17) is 17.3 Å². The highest BCUT2D eigenvalue weighted by molar-refractivity contribution is 7.91. The quantitative estimate of drug-likeness (QED) is 0.395. The maximum Gasteiger partial charge on any atom is 0.250 e. The van der Waals surface area contributed by atoms with Crippen LogP contribution in [-0.2, 0) is 21.4 Å². The zero-order chi connectivity index (χ0) is 22.5. The Bertz CT molecular complexity index is 1430. The molecule has 1 aliphatic rings. The number of aromatic nitrogens is 2. The van der Waals surface area contributed by atoms with Gasteiger partial charge in [0.2, 0.25) is 5.91 Å². The van der Waals surface area contributed by atoms with E-state index in [1.807, 2.05) is 12.1 Å². The highest BCUT2D eigenvalue weighted by atomic mass is 35.5. The number of hydrogen-bond donors (Lipinski definition) is 2. The lowest BCUT2D eigenvalue weighted by molar-refractivity contribution is -0.129. The topological polar surface area (TPSA) is 118 Å². The molecule has 0 spiro atoms. The van der Waals surface area contributed by atoms with Gasteiger partial charge in [0, 0.05) is 21.2 Å². The van der Waals surface area contributed by atoms with Gasteiger partial charge >= 0.3 is 0 Å². The predicted molar refractivity (Wildman–Crippen MR) is 129 cm³/mol. The number of thiophene rings is 3. The number of hydrogen-bond acceptors (Lipinski definition) is 9. The van der Waals surface area contributed by atoms with Crippen LogP contribution >= 0.6 is 45.6 Å². The normalized spacial score (nSPS) is 17.0. The number of carbonyl (C=O) groups is 1. The minimum Gasteiger partial charge on any atom is -0.382 e. The fraction of sp³-hybridized carbons (Fsp3) is 0.211. The Morgan fingerprint density at radius 3 is 2.69 bits per heavy atom. The van der Waals surface area contributed by atoms with Crippen LogP contribution in [0.1, 0.15) is 11.3 Å². The van der Waals surface area contributed by atoms with Crippen LogP contribution in [0.25, 0.3) is 20.0 Å². The van der Waals surface area contributed by atoms with E-state index in [9.17, 15) is 13.2 Å². The van der Waals surface area contributed by atoms with E-state index in [0.717, 1.165) is 36.2 Å². The van der Waals surface area contributed by atoms with Gasteiger partial charge in [-0.3, -0.25) is 4.79 Å². The van der Waals surface area contributed by atoms with Crippen LogP contribution in [0, 0.1) is 0 Å². The Kier molecular flexibility index (Phi) is 5.68. The van der Waals surface area contributed by atoms with Crippen molar-refractivity contribution in [3.8, 4) is 9.75 Å². The number of carbonyl (C=O) groups excluding carboxylic acids is 1. The van der Waals surface area contributed by atoms with Crippen molar-refractivity contribution in [2.24, 2.45) is 0 Å². The lowest BCUT2D eigenvalue weighted by Crippen LogP contribution is -2.40. The Morgan fingerprint density at radius 1 is 1.16 bits per heavy atom. The molecule has 0 bridgehead atoms. The molecule has 0 saturated carbocycles. The summed E-state index contributed by atoms with van der Waals surface area (Å²) in [4.78, 5) is 25.3. The summed E-state index contributed by atoms with van der Waals surface area (Å²) < 4.78 is 29.9. The van der Waals surface area contributed by atoms with Crippen molar-refractivity contribution in [3.05, 3.63) is 45.9 Å². The number of nitrogens with two attached hydrogens (primary N) is 1. The van der Waals surface area contributed by atoms with Crippen molar-refractivity contribution >= 4 is 77.6 Å². The molecule has 13 heteroatoms. The summed E-state index contributed by atoms with van der Waals surface area (Å²) in [5, 5.41) is 0. The largest absolute Gasteiger partial charge is 0.382 e. The minimum absolute atomic E-state index is 0.168. The highest BCUT2D eigenvalue weighted by Crippen LogP contribution is 2.37. The van der Waals surface area contributed by atoms with E-state index < -0.39 is 16.1 Å². The number of nitrogen functional groups attached to an aromatic ring is 1. The number of amides is 1. The Morgan fingerprint density at radius 2 is 1.94 bits per heavy atom. The van der Waals surface area contributed by atoms with Gasteiger partial charge < -0.3 is 10.6 Å². The summed E-state index contributed by atoms with van der Waals surface area (Å²) >= 11 is 9.95. The molecule has 4 aromatic rings. The third-order valence-corrected chi connectivity index (χ3v) is 10.6. The molecule has 3 N–H and O–H groups in total. The molecule has 5 heterocycles. The molecule has 5 rings (SSSR count). The number of nitrogens with zero attached hydrogens (tertiary/aromatic N) is 3. The Labute approximate surface area is 200 Å². The smallest absolute Gasteiger partial charge is 0.250 e.